The van der Waals surface area contributed by atoms with Crippen molar-refractivity contribution in [2.45, 2.75) is 50.9 Å². The molecule has 4 atom stereocenters. The van der Waals surface area contributed by atoms with E-state index in [4.69, 9.17) is 21.1 Å². The Bertz CT molecular complexity index is 1370. The van der Waals surface area contributed by atoms with E-state index in [1.807, 2.05) is 43.0 Å². The molecule has 2 aliphatic rings. The maximum Gasteiger partial charge on any atom is 0.391 e. The van der Waals surface area contributed by atoms with Gasteiger partial charge in [-0.15, -0.1) is 0 Å². The number of fused-ring (bicyclic) bond motifs is 1. The Morgan fingerprint density at radius 2 is 2.00 bits per heavy atom. The minimum Gasteiger partial charge on any atom is -0.492 e. The second-order valence-corrected chi connectivity index (χ2v) is 12.3. The summed E-state index contributed by atoms with van der Waals surface area (Å²) in [4.78, 5) is 16.7. The molecular weight excluding hydrogens is 609 g/mol. The van der Waals surface area contributed by atoms with Crippen LogP contribution in [0.4, 0.5) is 30.2 Å². The largest absolute Gasteiger partial charge is 0.492 e. The molecule has 246 valence electrons. The molecule has 0 spiro atoms. The number of piperidine rings is 1. The molecule has 0 aliphatic carbocycles. The summed E-state index contributed by atoms with van der Waals surface area (Å²) in [6.07, 6.45) is -3.09. The second kappa shape index (κ2) is 15.3. The number of rotatable bonds is 12. The van der Waals surface area contributed by atoms with Gasteiger partial charge in [0.25, 0.3) is 0 Å². The first kappa shape index (κ1) is 34.5. The fourth-order valence-corrected chi connectivity index (χ4v) is 5.97. The van der Waals surface area contributed by atoms with Crippen LogP contribution in [0.25, 0.3) is 0 Å². The number of likely N-dealkylation sites (N-methyl/N-ethyl adjacent to an activating group) is 1. The number of ether oxygens (including phenoxy) is 2. The minimum atomic E-state index is -4.22. The van der Waals surface area contributed by atoms with Crippen molar-refractivity contribution in [3.05, 3.63) is 40.9 Å². The summed E-state index contributed by atoms with van der Waals surface area (Å²) in [6, 6.07) is 10.3. The number of nitrogens with zero attached hydrogens (tertiary/aromatic N) is 3. The first-order chi connectivity index (χ1) is 21.4. The molecule has 3 N–H and O–H groups in total. The minimum absolute atomic E-state index is 0.0224. The summed E-state index contributed by atoms with van der Waals surface area (Å²) in [7, 11) is 5.72. The van der Waals surface area contributed by atoms with Gasteiger partial charge in [-0.1, -0.05) is 11.6 Å². The highest BCUT2D eigenvalue weighted by Gasteiger charge is 2.43. The highest BCUT2D eigenvalue weighted by Crippen LogP contribution is 2.42. The van der Waals surface area contributed by atoms with Crippen molar-refractivity contribution in [2.24, 2.45) is 11.8 Å². The summed E-state index contributed by atoms with van der Waals surface area (Å²) in [5, 5.41) is 20.0. The van der Waals surface area contributed by atoms with Crippen LogP contribution in [0.2, 0.25) is 5.02 Å². The Kier molecular flexibility index (Phi) is 11.7. The number of hydrogen-bond acceptors (Lipinski definition) is 8. The highest BCUT2D eigenvalue weighted by atomic mass is 35.5. The van der Waals surface area contributed by atoms with E-state index in [0.717, 1.165) is 17.8 Å². The summed E-state index contributed by atoms with van der Waals surface area (Å²) in [5.41, 5.74) is 2.74. The number of likely N-dealkylation sites (tertiary alicyclic amines) is 1. The zero-order valence-electron chi connectivity index (χ0n) is 26.1. The summed E-state index contributed by atoms with van der Waals surface area (Å²) >= 11 is 6.57. The quantitative estimate of drug-likeness (QED) is 0.243. The molecule has 1 saturated heterocycles. The first-order valence-electron chi connectivity index (χ1n) is 15.2. The predicted octanol–water partition coefficient (Wildman–Crippen LogP) is 6.39. The van der Waals surface area contributed by atoms with Gasteiger partial charge in [0.05, 0.1) is 41.3 Å². The fourth-order valence-electron chi connectivity index (χ4n) is 5.74. The van der Waals surface area contributed by atoms with E-state index in [9.17, 15) is 23.2 Å². The van der Waals surface area contributed by atoms with Crippen LogP contribution in [0, 0.1) is 23.2 Å². The number of anilines is 3. The Morgan fingerprint density at radius 1 is 1.22 bits per heavy atom. The van der Waals surface area contributed by atoms with Gasteiger partial charge in [-0.05, 0) is 84.7 Å². The van der Waals surface area contributed by atoms with Gasteiger partial charge < -0.3 is 30.3 Å². The van der Waals surface area contributed by atoms with Crippen molar-refractivity contribution < 1.29 is 27.4 Å². The van der Waals surface area contributed by atoms with Crippen molar-refractivity contribution in [3.63, 3.8) is 0 Å². The summed E-state index contributed by atoms with van der Waals surface area (Å²) in [6.45, 7) is 3.90. The van der Waals surface area contributed by atoms with Crippen LogP contribution >= 0.6 is 11.6 Å². The van der Waals surface area contributed by atoms with Crippen LogP contribution in [0.15, 0.2) is 30.3 Å². The number of carbonyl (C=O) groups excluding carboxylic acids is 1. The van der Waals surface area contributed by atoms with Crippen LogP contribution in [-0.4, -0.2) is 81.9 Å². The van der Waals surface area contributed by atoms with E-state index in [0.29, 0.717) is 60.4 Å². The average molecular weight is 651 g/mol. The molecule has 0 aromatic heterocycles. The lowest BCUT2D eigenvalue weighted by Crippen LogP contribution is -2.46. The lowest BCUT2D eigenvalue weighted by molar-refractivity contribution is -0.189. The third kappa shape index (κ3) is 9.08. The van der Waals surface area contributed by atoms with E-state index >= 15 is 0 Å². The Hall–Kier alpha value is -3.40. The molecule has 9 nitrogen and oxygen atoms in total. The fraction of sp³-hybridized carbons (Fsp3) is 0.562. The number of nitrogens with one attached hydrogen (secondary N) is 3. The van der Waals surface area contributed by atoms with Gasteiger partial charge in [0.15, 0.2) is 0 Å². The zero-order valence-corrected chi connectivity index (χ0v) is 26.9. The number of nitriles is 1. The van der Waals surface area contributed by atoms with Gasteiger partial charge in [-0.25, -0.2) is 0 Å². The molecule has 2 aromatic rings. The standard InChI is InChI=1S/C32H42ClF3N6O3/c1-5-44-29-16-26-24(15-27(29)40-30(43)7-6-11-41(2)3)31(20(17-37)18-38-26)39-22-8-9-28(25(33)14-22)45-19-23-13-21(32(34,35)36)10-12-42(23)4/h8-9,14-16,20-21,23,31,38-39H,5-7,10-13,18-19H2,1-4H3,(H,40,43). The third-order valence-electron chi connectivity index (χ3n) is 8.31. The monoisotopic (exact) mass is 650 g/mol. The molecule has 2 aromatic carbocycles. The van der Waals surface area contributed by atoms with Crippen molar-refractivity contribution in [1.82, 2.24) is 9.80 Å². The van der Waals surface area contributed by atoms with Gasteiger partial charge in [0, 0.05) is 42.0 Å². The molecule has 0 radical (unpaired) electrons. The van der Waals surface area contributed by atoms with Crippen molar-refractivity contribution in [1.29, 1.82) is 5.26 Å². The van der Waals surface area contributed by atoms with Gasteiger partial charge in [-0.3, -0.25) is 9.69 Å². The van der Waals surface area contributed by atoms with Crippen LogP contribution in [0.3, 0.4) is 0 Å². The van der Waals surface area contributed by atoms with Crippen molar-refractivity contribution >= 4 is 34.6 Å². The Balaban J connectivity index is 1.50. The predicted molar refractivity (Wildman–Crippen MR) is 170 cm³/mol. The molecule has 2 heterocycles. The molecule has 0 saturated carbocycles. The third-order valence-corrected chi connectivity index (χ3v) is 8.60. The maximum atomic E-state index is 13.3. The second-order valence-electron chi connectivity index (χ2n) is 11.9. The van der Waals surface area contributed by atoms with Gasteiger partial charge in [-0.2, -0.15) is 18.4 Å². The highest BCUT2D eigenvalue weighted by molar-refractivity contribution is 6.32. The average Bonchev–Trinajstić information content (AvgIpc) is 2.97. The van der Waals surface area contributed by atoms with E-state index in [-0.39, 0.29) is 31.4 Å². The molecule has 0 bridgehead atoms. The Morgan fingerprint density at radius 3 is 2.67 bits per heavy atom. The van der Waals surface area contributed by atoms with Gasteiger partial charge >= 0.3 is 6.18 Å². The Labute approximate surface area is 268 Å². The topological polar surface area (TPSA) is 102 Å². The molecule has 1 fully saturated rings. The normalized spacial score (nSPS) is 21.8. The van der Waals surface area contributed by atoms with Crippen molar-refractivity contribution in [2.75, 3.05) is 69.9 Å². The molecular formula is C32H42ClF3N6O3. The number of benzene rings is 2. The lowest BCUT2D eigenvalue weighted by atomic mass is 9.88. The smallest absolute Gasteiger partial charge is 0.391 e. The number of alkyl halides is 3. The molecule has 45 heavy (non-hydrogen) atoms. The number of halogens is 4. The number of carbonyl (C=O) groups is 1. The molecule has 4 unspecified atom stereocenters. The van der Waals surface area contributed by atoms with E-state index in [1.54, 1.807) is 25.2 Å². The van der Waals surface area contributed by atoms with E-state index < -0.39 is 24.1 Å². The molecule has 4 rings (SSSR count). The van der Waals surface area contributed by atoms with E-state index in [1.165, 1.54) is 0 Å². The first-order valence-corrected chi connectivity index (χ1v) is 15.6. The zero-order chi connectivity index (χ0) is 32.7. The summed E-state index contributed by atoms with van der Waals surface area (Å²) in [5.74, 6) is -1.01. The van der Waals surface area contributed by atoms with E-state index in [2.05, 4.69) is 22.0 Å². The van der Waals surface area contributed by atoms with Gasteiger partial charge in [0.2, 0.25) is 5.91 Å². The number of hydrogen-bond donors (Lipinski definition) is 3. The SMILES string of the molecule is CCOc1cc2c(cc1NC(=O)CCCN(C)C)C(Nc1ccc(OCC3CC(C(F)(F)F)CCN3C)c(Cl)c1)C(C#N)CN2. The summed E-state index contributed by atoms with van der Waals surface area (Å²) < 4.78 is 51.7. The van der Waals surface area contributed by atoms with Crippen LogP contribution < -0.4 is 25.4 Å². The molecule has 1 amide bonds. The maximum absolute atomic E-state index is 13.3. The van der Waals surface area contributed by atoms with Crippen LogP contribution in [-0.2, 0) is 4.79 Å². The van der Waals surface area contributed by atoms with Crippen molar-refractivity contribution in [3.8, 4) is 17.6 Å². The number of amides is 1. The lowest BCUT2D eigenvalue weighted by Gasteiger charge is -2.37. The van der Waals surface area contributed by atoms with Crippen LogP contribution in [0.5, 0.6) is 11.5 Å². The molecule has 13 heteroatoms. The molecule has 2 aliphatic heterocycles. The van der Waals surface area contributed by atoms with Crippen LogP contribution in [0.1, 0.15) is 44.2 Å². The van der Waals surface area contributed by atoms with Gasteiger partial charge in [0.1, 0.15) is 18.1 Å².